The summed E-state index contributed by atoms with van der Waals surface area (Å²) < 4.78 is 1.62. The number of hydrogen-bond acceptors (Lipinski definition) is 3. The van der Waals surface area contributed by atoms with Gasteiger partial charge in [0, 0.05) is 19.7 Å². The topological polar surface area (TPSA) is 47.8 Å². The van der Waals surface area contributed by atoms with E-state index in [1.807, 2.05) is 0 Å². The first kappa shape index (κ1) is 10.8. The molecule has 2 rings (SSSR count). The van der Waals surface area contributed by atoms with Crippen molar-refractivity contribution in [3.05, 3.63) is 34.5 Å². The van der Waals surface area contributed by atoms with Gasteiger partial charge in [-0.1, -0.05) is 13.3 Å². The fourth-order valence-electron chi connectivity index (χ4n) is 1.71. The quantitative estimate of drug-likeness (QED) is 0.785. The highest BCUT2D eigenvalue weighted by molar-refractivity contribution is 5.72. The van der Waals surface area contributed by atoms with E-state index in [2.05, 4.69) is 16.9 Å². The molecule has 0 aliphatic heterocycles. The van der Waals surface area contributed by atoms with Crippen LogP contribution in [0, 0.1) is 0 Å². The van der Waals surface area contributed by atoms with E-state index in [9.17, 15) is 4.79 Å². The third-order valence-electron chi connectivity index (χ3n) is 2.70. The van der Waals surface area contributed by atoms with Gasteiger partial charge in [-0.15, -0.1) is 0 Å². The Hall–Kier alpha value is -1.71. The summed E-state index contributed by atoms with van der Waals surface area (Å²) >= 11 is 0. The average molecular weight is 217 g/mol. The van der Waals surface area contributed by atoms with E-state index < -0.39 is 0 Å². The monoisotopic (exact) mass is 217 g/mol. The van der Waals surface area contributed by atoms with Crippen molar-refractivity contribution in [1.29, 1.82) is 0 Å². The molecule has 0 N–H and O–H groups in total. The lowest BCUT2D eigenvalue weighted by atomic mass is 10.2. The van der Waals surface area contributed by atoms with E-state index in [0.29, 0.717) is 11.0 Å². The standard InChI is InChI=1S/C12H15N3O/c1-3-4-7-10-14-11-9(6-5-8-13-11)12(16)15(10)2/h5-6,8H,3-4,7H2,1-2H3. The van der Waals surface area contributed by atoms with Crippen molar-refractivity contribution < 1.29 is 0 Å². The van der Waals surface area contributed by atoms with Gasteiger partial charge >= 0.3 is 0 Å². The van der Waals surface area contributed by atoms with Gasteiger partial charge in [-0.25, -0.2) is 9.97 Å². The predicted molar refractivity (Wildman–Crippen MR) is 63.4 cm³/mol. The van der Waals surface area contributed by atoms with Crippen LogP contribution in [-0.2, 0) is 13.5 Å². The third kappa shape index (κ3) is 1.83. The first-order chi connectivity index (χ1) is 7.74. The summed E-state index contributed by atoms with van der Waals surface area (Å²) in [6, 6.07) is 3.53. The molecule has 0 atom stereocenters. The molecule has 0 amide bonds. The van der Waals surface area contributed by atoms with E-state index in [0.717, 1.165) is 25.1 Å². The molecule has 0 bridgehead atoms. The highest BCUT2D eigenvalue weighted by Crippen LogP contribution is 2.06. The highest BCUT2D eigenvalue weighted by atomic mass is 16.1. The van der Waals surface area contributed by atoms with Crippen molar-refractivity contribution in [1.82, 2.24) is 14.5 Å². The molecule has 0 saturated heterocycles. The Bertz CT molecular complexity index is 560. The van der Waals surface area contributed by atoms with Crippen LogP contribution in [0.1, 0.15) is 25.6 Å². The molecule has 2 heterocycles. The fourth-order valence-corrected chi connectivity index (χ4v) is 1.71. The van der Waals surface area contributed by atoms with E-state index in [1.165, 1.54) is 0 Å². The summed E-state index contributed by atoms with van der Waals surface area (Å²) in [5.74, 6) is 0.818. The molecule has 4 heteroatoms. The van der Waals surface area contributed by atoms with Crippen LogP contribution in [-0.4, -0.2) is 14.5 Å². The molecule has 2 aromatic rings. The molecule has 0 aliphatic carbocycles. The molecule has 4 nitrogen and oxygen atoms in total. The Kier molecular flexibility index (Phi) is 2.99. The predicted octanol–water partition coefficient (Wildman–Crippen LogP) is 1.67. The molecule has 2 aromatic heterocycles. The van der Waals surface area contributed by atoms with Crippen LogP contribution in [0.4, 0.5) is 0 Å². The number of aryl methyl sites for hydroxylation is 1. The molecule has 0 spiro atoms. The normalized spacial score (nSPS) is 10.9. The molecule has 0 aliphatic rings. The van der Waals surface area contributed by atoms with Gasteiger partial charge in [-0.05, 0) is 18.6 Å². The number of rotatable bonds is 3. The van der Waals surface area contributed by atoms with Crippen LogP contribution in [0.25, 0.3) is 11.0 Å². The summed E-state index contributed by atoms with van der Waals surface area (Å²) in [5.41, 5.74) is 0.543. The van der Waals surface area contributed by atoms with Crippen LogP contribution in [0.3, 0.4) is 0 Å². The van der Waals surface area contributed by atoms with Crippen LogP contribution < -0.4 is 5.56 Å². The number of aromatic nitrogens is 3. The molecule has 0 saturated carbocycles. The van der Waals surface area contributed by atoms with Gasteiger partial charge in [0.1, 0.15) is 5.82 Å². The lowest BCUT2D eigenvalue weighted by molar-refractivity contribution is 0.683. The number of nitrogens with zero attached hydrogens (tertiary/aromatic N) is 3. The van der Waals surface area contributed by atoms with Crippen LogP contribution in [0.15, 0.2) is 23.1 Å². The lowest BCUT2D eigenvalue weighted by Crippen LogP contribution is -2.22. The second-order valence-corrected chi connectivity index (χ2v) is 3.87. The maximum Gasteiger partial charge on any atom is 0.262 e. The van der Waals surface area contributed by atoms with Crippen LogP contribution >= 0.6 is 0 Å². The minimum absolute atomic E-state index is 0.01000. The molecule has 16 heavy (non-hydrogen) atoms. The summed E-state index contributed by atoms with van der Waals surface area (Å²) in [6.45, 7) is 2.12. The molecule has 0 unspecified atom stereocenters. The van der Waals surface area contributed by atoms with Gasteiger partial charge < -0.3 is 0 Å². The number of fused-ring (bicyclic) bond motifs is 1. The second kappa shape index (κ2) is 4.43. The maximum absolute atomic E-state index is 12.0. The Morgan fingerprint density at radius 1 is 1.44 bits per heavy atom. The van der Waals surface area contributed by atoms with Gasteiger partial charge in [0.15, 0.2) is 5.65 Å². The Morgan fingerprint density at radius 3 is 3.00 bits per heavy atom. The third-order valence-corrected chi connectivity index (χ3v) is 2.70. The van der Waals surface area contributed by atoms with Crippen molar-refractivity contribution in [2.24, 2.45) is 7.05 Å². The Morgan fingerprint density at radius 2 is 2.25 bits per heavy atom. The number of hydrogen-bond donors (Lipinski definition) is 0. The van der Waals surface area contributed by atoms with Crippen LogP contribution in [0.5, 0.6) is 0 Å². The molecule has 0 radical (unpaired) electrons. The van der Waals surface area contributed by atoms with Crippen molar-refractivity contribution in [3.63, 3.8) is 0 Å². The molecular formula is C12H15N3O. The van der Waals surface area contributed by atoms with Gasteiger partial charge in [-0.3, -0.25) is 9.36 Å². The summed E-state index contributed by atoms with van der Waals surface area (Å²) in [6.07, 6.45) is 4.63. The van der Waals surface area contributed by atoms with E-state index in [1.54, 1.807) is 29.9 Å². The Balaban J connectivity index is 2.60. The molecule has 0 aromatic carbocycles. The minimum Gasteiger partial charge on any atom is -0.299 e. The smallest absolute Gasteiger partial charge is 0.262 e. The first-order valence-electron chi connectivity index (χ1n) is 5.54. The lowest BCUT2D eigenvalue weighted by Gasteiger charge is -2.07. The highest BCUT2D eigenvalue weighted by Gasteiger charge is 2.07. The number of pyridine rings is 1. The van der Waals surface area contributed by atoms with Crippen molar-refractivity contribution >= 4 is 11.0 Å². The molecular weight excluding hydrogens is 202 g/mol. The van der Waals surface area contributed by atoms with Crippen molar-refractivity contribution in [3.8, 4) is 0 Å². The van der Waals surface area contributed by atoms with Gasteiger partial charge in [0.05, 0.1) is 5.39 Å². The summed E-state index contributed by atoms with van der Waals surface area (Å²) in [7, 11) is 1.77. The number of unbranched alkanes of at least 4 members (excludes halogenated alkanes) is 1. The average Bonchev–Trinajstić information content (AvgIpc) is 2.32. The zero-order valence-electron chi connectivity index (χ0n) is 9.60. The van der Waals surface area contributed by atoms with Crippen molar-refractivity contribution in [2.75, 3.05) is 0 Å². The fraction of sp³-hybridized carbons (Fsp3) is 0.417. The zero-order valence-corrected chi connectivity index (χ0v) is 9.60. The summed E-state index contributed by atoms with van der Waals surface area (Å²) in [5, 5.41) is 0.588. The van der Waals surface area contributed by atoms with E-state index in [-0.39, 0.29) is 5.56 Å². The van der Waals surface area contributed by atoms with Crippen LogP contribution in [0.2, 0.25) is 0 Å². The van der Waals surface area contributed by atoms with Gasteiger partial charge in [-0.2, -0.15) is 0 Å². The van der Waals surface area contributed by atoms with E-state index >= 15 is 0 Å². The van der Waals surface area contributed by atoms with Gasteiger partial charge in [0.2, 0.25) is 0 Å². The van der Waals surface area contributed by atoms with E-state index in [4.69, 9.17) is 0 Å². The SMILES string of the molecule is CCCCc1nc2ncccc2c(=O)n1C. The Labute approximate surface area is 94.0 Å². The maximum atomic E-state index is 12.0. The second-order valence-electron chi connectivity index (χ2n) is 3.87. The zero-order chi connectivity index (χ0) is 11.5. The first-order valence-corrected chi connectivity index (χ1v) is 5.54. The minimum atomic E-state index is -0.01000. The van der Waals surface area contributed by atoms with Crippen molar-refractivity contribution in [2.45, 2.75) is 26.2 Å². The molecule has 0 fully saturated rings. The van der Waals surface area contributed by atoms with Gasteiger partial charge in [0.25, 0.3) is 5.56 Å². The summed E-state index contributed by atoms with van der Waals surface area (Å²) in [4.78, 5) is 20.5. The largest absolute Gasteiger partial charge is 0.299 e. The molecule has 84 valence electrons.